The highest BCUT2D eigenvalue weighted by Crippen LogP contribution is 2.28. The lowest BCUT2D eigenvalue weighted by atomic mass is 9.95. The van der Waals surface area contributed by atoms with Gasteiger partial charge in [0.25, 0.3) is 0 Å². The summed E-state index contributed by atoms with van der Waals surface area (Å²) >= 11 is 0. The van der Waals surface area contributed by atoms with Gasteiger partial charge in [-0.05, 0) is 18.9 Å². The minimum atomic E-state index is 0.554. The van der Waals surface area contributed by atoms with E-state index in [0.717, 1.165) is 24.1 Å². The summed E-state index contributed by atoms with van der Waals surface area (Å²) in [7, 11) is 3.20. The summed E-state index contributed by atoms with van der Waals surface area (Å²) in [6.07, 6.45) is 7.24. The predicted octanol–water partition coefficient (Wildman–Crippen LogP) is 2.94. The van der Waals surface area contributed by atoms with Crippen molar-refractivity contribution in [3.05, 3.63) is 23.3 Å². The van der Waals surface area contributed by atoms with E-state index in [4.69, 9.17) is 9.47 Å². The molecule has 1 saturated carbocycles. The molecule has 110 valence electrons. The number of hydrogen-bond donors (Lipinski definition) is 1. The fraction of sp³-hybridized carbons (Fsp3) is 0.562. The predicted molar refractivity (Wildman–Crippen MR) is 78.6 cm³/mol. The number of rotatable bonds is 6. The van der Waals surface area contributed by atoms with Gasteiger partial charge in [0, 0.05) is 24.2 Å². The van der Waals surface area contributed by atoms with E-state index in [1.807, 2.05) is 6.07 Å². The van der Waals surface area contributed by atoms with Crippen molar-refractivity contribution in [2.45, 2.75) is 44.7 Å². The minimum absolute atomic E-state index is 0.554. The molecular weight excluding hydrogens is 254 g/mol. The van der Waals surface area contributed by atoms with Gasteiger partial charge < -0.3 is 14.8 Å². The SMILES string of the molecule is COc1cc(OC)c(CNC2CCCCC2)cc1C=O. The van der Waals surface area contributed by atoms with Crippen LogP contribution in [0.1, 0.15) is 48.0 Å². The molecule has 0 unspecified atom stereocenters. The van der Waals surface area contributed by atoms with Crippen molar-refractivity contribution in [3.8, 4) is 11.5 Å². The van der Waals surface area contributed by atoms with E-state index in [2.05, 4.69) is 5.32 Å². The molecule has 0 amide bonds. The van der Waals surface area contributed by atoms with Crippen LogP contribution in [0.15, 0.2) is 12.1 Å². The molecule has 0 radical (unpaired) electrons. The van der Waals surface area contributed by atoms with E-state index in [0.29, 0.717) is 17.4 Å². The summed E-state index contributed by atoms with van der Waals surface area (Å²) in [5, 5.41) is 3.56. The number of carbonyl (C=O) groups excluding carboxylic acids is 1. The minimum Gasteiger partial charge on any atom is -0.496 e. The van der Waals surface area contributed by atoms with E-state index in [1.54, 1.807) is 20.3 Å². The maximum absolute atomic E-state index is 11.1. The Bertz CT molecular complexity index is 453. The number of methoxy groups -OCH3 is 2. The summed E-state index contributed by atoms with van der Waals surface area (Å²) in [5.41, 5.74) is 1.56. The number of ether oxygens (including phenoxy) is 2. The maximum atomic E-state index is 11.1. The molecule has 1 fully saturated rings. The Balaban J connectivity index is 2.10. The van der Waals surface area contributed by atoms with Crippen LogP contribution in [-0.4, -0.2) is 26.5 Å². The third-order valence-corrected chi connectivity index (χ3v) is 3.95. The molecule has 1 N–H and O–H groups in total. The number of aldehydes is 1. The van der Waals surface area contributed by atoms with Crippen LogP contribution in [0.3, 0.4) is 0 Å². The summed E-state index contributed by atoms with van der Waals surface area (Å²) in [4.78, 5) is 11.1. The Morgan fingerprint density at radius 3 is 2.45 bits per heavy atom. The molecule has 1 aliphatic rings. The van der Waals surface area contributed by atoms with Crippen LogP contribution >= 0.6 is 0 Å². The number of nitrogens with one attached hydrogen (secondary N) is 1. The zero-order valence-electron chi connectivity index (χ0n) is 12.3. The molecule has 4 nitrogen and oxygen atoms in total. The Morgan fingerprint density at radius 2 is 1.85 bits per heavy atom. The van der Waals surface area contributed by atoms with Gasteiger partial charge in [0.05, 0.1) is 19.8 Å². The van der Waals surface area contributed by atoms with Crippen molar-refractivity contribution >= 4 is 6.29 Å². The van der Waals surface area contributed by atoms with Gasteiger partial charge in [-0.2, -0.15) is 0 Å². The monoisotopic (exact) mass is 277 g/mol. The third-order valence-electron chi connectivity index (χ3n) is 3.95. The average molecular weight is 277 g/mol. The Labute approximate surface area is 120 Å². The van der Waals surface area contributed by atoms with Gasteiger partial charge in [-0.25, -0.2) is 0 Å². The number of carbonyl (C=O) groups is 1. The van der Waals surface area contributed by atoms with Gasteiger partial charge in [-0.3, -0.25) is 4.79 Å². The van der Waals surface area contributed by atoms with E-state index in [-0.39, 0.29) is 0 Å². The molecule has 0 atom stereocenters. The molecule has 0 spiro atoms. The number of benzene rings is 1. The smallest absolute Gasteiger partial charge is 0.153 e. The highest BCUT2D eigenvalue weighted by Gasteiger charge is 2.15. The quantitative estimate of drug-likeness (QED) is 0.812. The molecule has 1 aliphatic carbocycles. The summed E-state index contributed by atoms with van der Waals surface area (Å²) in [6, 6.07) is 4.21. The number of hydrogen-bond acceptors (Lipinski definition) is 4. The first kappa shape index (κ1) is 14.9. The Kier molecular flexibility index (Phi) is 5.41. The largest absolute Gasteiger partial charge is 0.496 e. The zero-order chi connectivity index (χ0) is 14.4. The molecule has 0 bridgehead atoms. The lowest BCUT2D eigenvalue weighted by Gasteiger charge is -2.23. The molecular formula is C16H23NO3. The maximum Gasteiger partial charge on any atom is 0.153 e. The van der Waals surface area contributed by atoms with Crippen LogP contribution in [0, 0.1) is 0 Å². The van der Waals surface area contributed by atoms with Crippen molar-refractivity contribution in [3.63, 3.8) is 0 Å². The zero-order valence-corrected chi connectivity index (χ0v) is 12.3. The molecule has 1 aromatic carbocycles. The van der Waals surface area contributed by atoms with Crippen LogP contribution in [0.25, 0.3) is 0 Å². The lowest BCUT2D eigenvalue weighted by molar-refractivity contribution is 0.112. The summed E-state index contributed by atoms with van der Waals surface area (Å²) in [5.74, 6) is 1.31. The molecule has 2 rings (SSSR count). The van der Waals surface area contributed by atoms with Crippen LogP contribution in [0.4, 0.5) is 0 Å². The fourth-order valence-electron chi connectivity index (χ4n) is 2.78. The second-order valence-electron chi connectivity index (χ2n) is 5.24. The van der Waals surface area contributed by atoms with Gasteiger partial charge >= 0.3 is 0 Å². The molecule has 0 saturated heterocycles. The van der Waals surface area contributed by atoms with E-state index in [1.165, 1.54) is 32.1 Å². The van der Waals surface area contributed by atoms with Gasteiger partial charge in [0.2, 0.25) is 0 Å². The van der Waals surface area contributed by atoms with Crippen molar-refractivity contribution < 1.29 is 14.3 Å². The molecule has 0 heterocycles. The van der Waals surface area contributed by atoms with Crippen molar-refractivity contribution in [1.82, 2.24) is 5.32 Å². The van der Waals surface area contributed by atoms with Gasteiger partial charge in [-0.15, -0.1) is 0 Å². The third kappa shape index (κ3) is 3.51. The summed E-state index contributed by atoms with van der Waals surface area (Å²) in [6.45, 7) is 0.721. The van der Waals surface area contributed by atoms with Crippen molar-refractivity contribution in [2.24, 2.45) is 0 Å². The molecule has 20 heavy (non-hydrogen) atoms. The second kappa shape index (κ2) is 7.29. The molecule has 4 heteroatoms. The van der Waals surface area contributed by atoms with E-state index < -0.39 is 0 Å². The Hall–Kier alpha value is -1.55. The first-order chi connectivity index (χ1) is 9.78. The second-order valence-corrected chi connectivity index (χ2v) is 5.24. The highest BCUT2D eigenvalue weighted by atomic mass is 16.5. The lowest BCUT2D eigenvalue weighted by Crippen LogP contribution is -2.30. The van der Waals surface area contributed by atoms with Crippen LogP contribution in [0.2, 0.25) is 0 Å². The van der Waals surface area contributed by atoms with Crippen LogP contribution in [-0.2, 0) is 6.54 Å². The fourth-order valence-corrected chi connectivity index (χ4v) is 2.78. The highest BCUT2D eigenvalue weighted by molar-refractivity contribution is 5.80. The van der Waals surface area contributed by atoms with Crippen LogP contribution in [0.5, 0.6) is 11.5 Å². The Morgan fingerprint density at radius 1 is 1.15 bits per heavy atom. The molecule has 1 aromatic rings. The normalized spacial score (nSPS) is 15.9. The standard InChI is InChI=1S/C16H23NO3/c1-19-15-9-16(20-2)13(11-18)8-12(15)10-17-14-6-4-3-5-7-14/h8-9,11,14,17H,3-7,10H2,1-2H3. The average Bonchev–Trinajstić information content (AvgIpc) is 2.52. The van der Waals surface area contributed by atoms with Gasteiger partial charge in [0.1, 0.15) is 11.5 Å². The topological polar surface area (TPSA) is 47.6 Å². The molecule has 0 aromatic heterocycles. The van der Waals surface area contributed by atoms with Gasteiger partial charge in [0.15, 0.2) is 6.29 Å². The summed E-state index contributed by atoms with van der Waals surface area (Å²) < 4.78 is 10.6. The van der Waals surface area contributed by atoms with Crippen molar-refractivity contribution in [2.75, 3.05) is 14.2 Å². The van der Waals surface area contributed by atoms with Crippen molar-refractivity contribution in [1.29, 1.82) is 0 Å². The van der Waals surface area contributed by atoms with Crippen LogP contribution < -0.4 is 14.8 Å². The molecule has 0 aliphatic heterocycles. The van der Waals surface area contributed by atoms with E-state index in [9.17, 15) is 4.79 Å². The van der Waals surface area contributed by atoms with Gasteiger partial charge in [-0.1, -0.05) is 19.3 Å². The van der Waals surface area contributed by atoms with E-state index >= 15 is 0 Å². The first-order valence-corrected chi connectivity index (χ1v) is 7.22. The first-order valence-electron chi connectivity index (χ1n) is 7.22.